The smallest absolute Gasteiger partial charge is 0.230 e. The van der Waals surface area contributed by atoms with Crippen LogP contribution in [0, 0.1) is 0 Å². The minimum atomic E-state index is -0.373. The summed E-state index contributed by atoms with van der Waals surface area (Å²) < 4.78 is 11.9. The van der Waals surface area contributed by atoms with E-state index >= 15 is 0 Å². The molecule has 1 aromatic carbocycles. The summed E-state index contributed by atoms with van der Waals surface area (Å²) in [5.41, 5.74) is 3.03. The molecule has 2 aliphatic heterocycles. The van der Waals surface area contributed by atoms with E-state index in [0.717, 1.165) is 34.9 Å². The molecular weight excluding hydrogens is 346 g/mol. The number of benzene rings is 1. The summed E-state index contributed by atoms with van der Waals surface area (Å²) in [5.74, 6) is 1.53. The van der Waals surface area contributed by atoms with E-state index in [1.165, 1.54) is 4.88 Å². The van der Waals surface area contributed by atoms with Crippen LogP contribution in [0.5, 0.6) is 11.5 Å². The number of methoxy groups -OCH3 is 1. The number of hydrogen-bond donors (Lipinski definition) is 0. The second-order valence-electron chi connectivity index (χ2n) is 6.23. The number of nitrogens with zero attached hydrogens (tertiary/aromatic N) is 3. The van der Waals surface area contributed by atoms with Gasteiger partial charge < -0.3 is 9.47 Å². The number of hydrogen-bond acceptors (Lipinski definition) is 6. The van der Waals surface area contributed by atoms with Gasteiger partial charge in [-0.05, 0) is 29.6 Å². The van der Waals surface area contributed by atoms with Crippen LogP contribution in [-0.4, -0.2) is 22.8 Å². The van der Waals surface area contributed by atoms with Gasteiger partial charge in [-0.25, -0.2) is 5.01 Å². The molecule has 2 aromatic heterocycles. The Morgan fingerprint density at radius 3 is 2.88 bits per heavy atom. The number of pyridine rings is 1. The van der Waals surface area contributed by atoms with Crippen molar-refractivity contribution < 1.29 is 9.47 Å². The Kier molecular flexibility index (Phi) is 3.64. The molecule has 5 rings (SSSR count). The second-order valence-corrected chi connectivity index (χ2v) is 7.18. The zero-order valence-corrected chi connectivity index (χ0v) is 15.0. The van der Waals surface area contributed by atoms with Gasteiger partial charge in [-0.1, -0.05) is 24.3 Å². The minimum absolute atomic E-state index is 0.109. The van der Waals surface area contributed by atoms with Gasteiger partial charge in [0.2, 0.25) is 6.23 Å². The number of fused-ring (bicyclic) bond motifs is 3. The molecule has 6 heteroatoms. The van der Waals surface area contributed by atoms with Crippen molar-refractivity contribution in [1.82, 2.24) is 9.99 Å². The molecule has 0 N–H and O–H groups in total. The van der Waals surface area contributed by atoms with Crippen LogP contribution in [0.4, 0.5) is 0 Å². The van der Waals surface area contributed by atoms with Gasteiger partial charge in [0.1, 0.15) is 5.69 Å². The number of aromatic nitrogens is 1. The number of ether oxygens (including phenoxy) is 2. The fourth-order valence-corrected chi connectivity index (χ4v) is 4.27. The molecule has 2 atom stereocenters. The van der Waals surface area contributed by atoms with Gasteiger partial charge in [0.25, 0.3) is 0 Å². The molecule has 0 aliphatic carbocycles. The Bertz CT molecular complexity index is 956. The lowest BCUT2D eigenvalue weighted by Gasteiger charge is -2.38. The molecule has 0 fully saturated rings. The van der Waals surface area contributed by atoms with E-state index in [4.69, 9.17) is 14.6 Å². The highest BCUT2D eigenvalue weighted by atomic mass is 32.1. The highest BCUT2D eigenvalue weighted by Crippen LogP contribution is 2.50. The zero-order valence-electron chi connectivity index (χ0n) is 14.2. The fourth-order valence-electron chi connectivity index (χ4n) is 3.55. The summed E-state index contributed by atoms with van der Waals surface area (Å²) in [6, 6.07) is 16.2. The average Bonchev–Trinajstić information content (AvgIpc) is 3.37. The summed E-state index contributed by atoms with van der Waals surface area (Å²) in [7, 11) is 1.67. The van der Waals surface area contributed by atoms with Gasteiger partial charge in [0.05, 0.1) is 23.7 Å². The maximum atomic E-state index is 6.35. The largest absolute Gasteiger partial charge is 0.493 e. The van der Waals surface area contributed by atoms with Crippen molar-refractivity contribution in [2.24, 2.45) is 5.10 Å². The van der Waals surface area contributed by atoms with Crippen molar-refractivity contribution in [2.75, 3.05) is 7.11 Å². The van der Waals surface area contributed by atoms with E-state index in [9.17, 15) is 0 Å². The van der Waals surface area contributed by atoms with Crippen LogP contribution in [0.25, 0.3) is 0 Å². The van der Waals surface area contributed by atoms with Crippen LogP contribution < -0.4 is 9.47 Å². The maximum absolute atomic E-state index is 6.35. The van der Waals surface area contributed by atoms with Crippen LogP contribution in [0.1, 0.15) is 34.8 Å². The fraction of sp³-hybridized carbons (Fsp3) is 0.200. The lowest BCUT2D eigenvalue weighted by molar-refractivity contribution is -0.0236. The Morgan fingerprint density at radius 1 is 1.15 bits per heavy atom. The van der Waals surface area contributed by atoms with Crippen LogP contribution in [0.3, 0.4) is 0 Å². The van der Waals surface area contributed by atoms with Crippen molar-refractivity contribution in [1.29, 1.82) is 0 Å². The van der Waals surface area contributed by atoms with E-state index in [1.54, 1.807) is 24.6 Å². The van der Waals surface area contributed by atoms with E-state index in [1.807, 2.05) is 35.3 Å². The standard InChI is InChI=1S/C20H17N3O2S/c1-24-17-8-4-6-13-16-12-15(18-9-5-11-26-18)22-23(16)20(25-19(13)17)14-7-2-3-10-21-14/h2-11,16,20H,12H2,1H3/t16-,20-/m0/s1. The summed E-state index contributed by atoms with van der Waals surface area (Å²) in [6.45, 7) is 0. The van der Waals surface area contributed by atoms with E-state index in [2.05, 4.69) is 28.6 Å². The maximum Gasteiger partial charge on any atom is 0.230 e. The predicted molar refractivity (Wildman–Crippen MR) is 101 cm³/mol. The number of thiophene rings is 1. The van der Waals surface area contributed by atoms with E-state index < -0.39 is 0 Å². The molecule has 0 radical (unpaired) electrons. The minimum Gasteiger partial charge on any atom is -0.493 e. The highest BCUT2D eigenvalue weighted by Gasteiger charge is 2.42. The SMILES string of the molecule is COc1cccc2c1O[C@@H](c1ccccn1)N1N=C(c3cccs3)C[C@@H]21. The molecule has 0 spiro atoms. The van der Waals surface area contributed by atoms with Gasteiger partial charge in [0.15, 0.2) is 11.5 Å². The van der Waals surface area contributed by atoms with Crippen LogP contribution in [-0.2, 0) is 0 Å². The molecule has 130 valence electrons. The first-order valence-electron chi connectivity index (χ1n) is 8.49. The van der Waals surface area contributed by atoms with Gasteiger partial charge in [-0.3, -0.25) is 4.98 Å². The number of rotatable bonds is 3. The number of para-hydroxylation sites is 1. The normalized spacial score (nSPS) is 20.8. The average molecular weight is 363 g/mol. The first-order chi connectivity index (χ1) is 12.8. The molecular formula is C20H17N3O2S. The second kappa shape index (κ2) is 6.14. The molecule has 0 amide bonds. The Balaban J connectivity index is 1.64. The zero-order chi connectivity index (χ0) is 17.5. The molecule has 0 saturated carbocycles. The topological polar surface area (TPSA) is 47.0 Å². The molecule has 3 aromatic rings. The lowest BCUT2D eigenvalue weighted by Crippen LogP contribution is -2.34. The van der Waals surface area contributed by atoms with Crippen LogP contribution in [0.2, 0.25) is 0 Å². The highest BCUT2D eigenvalue weighted by molar-refractivity contribution is 7.12. The monoisotopic (exact) mass is 363 g/mol. The quantitative estimate of drug-likeness (QED) is 0.692. The lowest BCUT2D eigenvalue weighted by atomic mass is 9.98. The van der Waals surface area contributed by atoms with Gasteiger partial charge in [-0.2, -0.15) is 5.10 Å². The first-order valence-corrected chi connectivity index (χ1v) is 9.37. The number of hydrazone groups is 1. The van der Waals surface area contributed by atoms with E-state index in [-0.39, 0.29) is 12.3 Å². The van der Waals surface area contributed by atoms with Crippen molar-refractivity contribution in [3.8, 4) is 11.5 Å². The molecule has 2 aliphatic rings. The molecule has 4 heterocycles. The van der Waals surface area contributed by atoms with Crippen molar-refractivity contribution >= 4 is 17.0 Å². The third kappa shape index (κ3) is 2.37. The van der Waals surface area contributed by atoms with Crippen molar-refractivity contribution in [2.45, 2.75) is 18.7 Å². The molecule has 0 saturated heterocycles. The first kappa shape index (κ1) is 15.4. The third-order valence-electron chi connectivity index (χ3n) is 4.75. The molecule has 26 heavy (non-hydrogen) atoms. The summed E-state index contributed by atoms with van der Waals surface area (Å²) >= 11 is 1.71. The molecule has 0 bridgehead atoms. The Morgan fingerprint density at radius 2 is 2.12 bits per heavy atom. The van der Waals surface area contributed by atoms with Gasteiger partial charge in [-0.15, -0.1) is 11.3 Å². The van der Waals surface area contributed by atoms with E-state index in [0.29, 0.717) is 0 Å². The summed E-state index contributed by atoms with van der Waals surface area (Å²) in [4.78, 5) is 5.70. The Hall–Kier alpha value is -2.86. The summed E-state index contributed by atoms with van der Waals surface area (Å²) in [5, 5.41) is 9.04. The third-order valence-corrected chi connectivity index (χ3v) is 5.67. The molecule has 0 unspecified atom stereocenters. The van der Waals surface area contributed by atoms with Crippen molar-refractivity contribution in [3.05, 3.63) is 76.2 Å². The van der Waals surface area contributed by atoms with Gasteiger partial charge >= 0.3 is 0 Å². The predicted octanol–water partition coefficient (Wildman–Crippen LogP) is 4.39. The molecule has 5 nitrogen and oxygen atoms in total. The van der Waals surface area contributed by atoms with Crippen LogP contribution in [0.15, 0.2) is 65.2 Å². The van der Waals surface area contributed by atoms with Crippen molar-refractivity contribution in [3.63, 3.8) is 0 Å². The summed E-state index contributed by atoms with van der Waals surface area (Å²) in [6.07, 6.45) is 2.25. The Labute approximate surface area is 155 Å². The van der Waals surface area contributed by atoms with Gasteiger partial charge in [0, 0.05) is 18.2 Å². The van der Waals surface area contributed by atoms with Crippen LogP contribution >= 0.6 is 11.3 Å².